The van der Waals surface area contributed by atoms with E-state index in [-0.39, 0.29) is 28.2 Å². The monoisotopic (exact) mass is 507 g/mol. The van der Waals surface area contributed by atoms with E-state index in [0.29, 0.717) is 6.42 Å². The molecule has 0 heterocycles. The Morgan fingerprint density at radius 3 is 2.26 bits per heavy atom. The van der Waals surface area contributed by atoms with E-state index in [1.54, 1.807) is 34.6 Å². The van der Waals surface area contributed by atoms with Crippen molar-refractivity contribution in [3.63, 3.8) is 0 Å². The van der Waals surface area contributed by atoms with Crippen molar-refractivity contribution in [1.82, 2.24) is 4.31 Å². The molecule has 0 amide bonds. The predicted octanol–water partition coefficient (Wildman–Crippen LogP) is 5.27. The van der Waals surface area contributed by atoms with Crippen molar-refractivity contribution in [3.05, 3.63) is 77.9 Å². The molecule has 0 aliphatic heterocycles. The molecule has 0 aliphatic carbocycles. The Labute approximate surface area is 194 Å². The molecule has 0 N–H and O–H groups in total. The maximum Gasteiger partial charge on any atom is 0.330 e. The summed E-state index contributed by atoms with van der Waals surface area (Å²) in [6, 6.07) is 16.3. The smallest absolute Gasteiger partial charge is 0.330 e. The number of sulfonamides is 1. The van der Waals surface area contributed by atoms with E-state index in [9.17, 15) is 13.2 Å². The summed E-state index contributed by atoms with van der Waals surface area (Å²) >= 11 is 3.69. The molecule has 0 bridgehead atoms. The maximum atomic E-state index is 13.7. The zero-order valence-electron chi connectivity index (χ0n) is 18.4. The largest absolute Gasteiger partial charge is 0.466 e. The Kier molecular flexibility index (Phi) is 9.47. The highest BCUT2D eigenvalue weighted by atomic mass is 79.9. The fraction of sp³-hybridized carbons (Fsp3) is 0.375. The Bertz CT molecular complexity index is 972. The maximum absolute atomic E-state index is 13.7. The van der Waals surface area contributed by atoms with Crippen LogP contribution in [0.3, 0.4) is 0 Å². The molecular weight excluding hydrogens is 478 g/mol. The fourth-order valence-corrected chi connectivity index (χ4v) is 5.87. The van der Waals surface area contributed by atoms with Crippen LogP contribution in [0.25, 0.3) is 0 Å². The minimum atomic E-state index is -3.77. The number of hydrogen-bond acceptors (Lipinski definition) is 4. The van der Waals surface area contributed by atoms with Gasteiger partial charge in [0.05, 0.1) is 16.8 Å². The van der Waals surface area contributed by atoms with Crippen LogP contribution < -0.4 is 0 Å². The molecule has 31 heavy (non-hydrogen) atoms. The molecule has 2 atom stereocenters. The summed E-state index contributed by atoms with van der Waals surface area (Å²) in [6.45, 7) is 6.15. The van der Waals surface area contributed by atoms with Gasteiger partial charge in [-0.3, -0.25) is 0 Å². The molecule has 0 saturated heterocycles. The van der Waals surface area contributed by atoms with Crippen molar-refractivity contribution in [1.29, 1.82) is 0 Å². The molecule has 7 heteroatoms. The molecule has 0 spiro atoms. The minimum absolute atomic E-state index is 0.0259. The first-order valence-corrected chi connectivity index (χ1v) is 12.5. The molecule has 0 aromatic heterocycles. The molecule has 1 unspecified atom stereocenters. The summed E-state index contributed by atoms with van der Waals surface area (Å²) < 4.78 is 33.6. The van der Waals surface area contributed by atoms with Crippen LogP contribution in [-0.2, 0) is 19.6 Å². The first-order chi connectivity index (χ1) is 14.7. The third kappa shape index (κ3) is 7.02. The second-order valence-corrected chi connectivity index (χ2v) is 10.7. The lowest BCUT2D eigenvalue weighted by Crippen LogP contribution is -2.44. The third-order valence-corrected chi connectivity index (χ3v) is 7.82. The quantitative estimate of drug-likeness (QED) is 0.249. The van der Waals surface area contributed by atoms with Crippen molar-refractivity contribution in [2.45, 2.75) is 43.0 Å². The van der Waals surface area contributed by atoms with Gasteiger partial charge in [-0.2, -0.15) is 4.31 Å². The highest BCUT2D eigenvalue weighted by Gasteiger charge is 2.34. The van der Waals surface area contributed by atoms with Crippen LogP contribution in [0, 0.1) is 12.8 Å². The van der Waals surface area contributed by atoms with Gasteiger partial charge in [0, 0.05) is 18.7 Å². The van der Waals surface area contributed by atoms with Crippen molar-refractivity contribution in [2.75, 3.05) is 13.7 Å². The van der Waals surface area contributed by atoms with Gasteiger partial charge in [-0.1, -0.05) is 83.9 Å². The molecule has 2 aromatic rings. The van der Waals surface area contributed by atoms with Gasteiger partial charge in [-0.25, -0.2) is 13.2 Å². The number of esters is 1. The average molecular weight is 508 g/mol. The van der Waals surface area contributed by atoms with E-state index in [1.165, 1.54) is 13.2 Å². The van der Waals surface area contributed by atoms with Crippen LogP contribution in [0.2, 0.25) is 0 Å². The molecule has 5 nitrogen and oxygen atoms in total. The van der Waals surface area contributed by atoms with E-state index < -0.39 is 16.0 Å². The number of hydrogen-bond donors (Lipinski definition) is 0. The van der Waals surface area contributed by atoms with Gasteiger partial charge < -0.3 is 4.74 Å². The topological polar surface area (TPSA) is 63.7 Å². The molecule has 0 saturated carbocycles. The molecule has 2 aromatic carbocycles. The van der Waals surface area contributed by atoms with Crippen LogP contribution in [0.15, 0.2) is 71.6 Å². The zero-order chi connectivity index (χ0) is 23.0. The molecule has 0 fully saturated rings. The lowest BCUT2D eigenvalue weighted by molar-refractivity contribution is -0.134. The van der Waals surface area contributed by atoms with Crippen LogP contribution >= 0.6 is 15.9 Å². The molecule has 2 rings (SSSR count). The van der Waals surface area contributed by atoms with Crippen molar-refractivity contribution in [2.24, 2.45) is 5.92 Å². The van der Waals surface area contributed by atoms with Gasteiger partial charge in [-0.05, 0) is 37.0 Å². The Balaban J connectivity index is 2.44. The lowest BCUT2D eigenvalue weighted by atomic mass is 10.00. The molecule has 168 valence electrons. The Morgan fingerprint density at radius 2 is 1.71 bits per heavy atom. The number of halogens is 1. The van der Waals surface area contributed by atoms with Crippen LogP contribution in [0.1, 0.15) is 36.2 Å². The number of carbonyl (C=O) groups excluding carboxylic acids is 1. The number of aryl methyl sites for hydroxylation is 1. The van der Waals surface area contributed by atoms with E-state index in [2.05, 4.69) is 20.7 Å². The number of rotatable bonds is 10. The fourth-order valence-electron chi connectivity index (χ4n) is 3.28. The number of ether oxygens (including phenoxy) is 1. The van der Waals surface area contributed by atoms with Gasteiger partial charge in [0.2, 0.25) is 10.0 Å². The average Bonchev–Trinajstić information content (AvgIpc) is 2.75. The van der Waals surface area contributed by atoms with Crippen LogP contribution in [-0.4, -0.2) is 38.4 Å². The predicted molar refractivity (Wildman–Crippen MR) is 128 cm³/mol. The van der Waals surface area contributed by atoms with Gasteiger partial charge in [-0.15, -0.1) is 0 Å². The summed E-state index contributed by atoms with van der Waals surface area (Å²) in [5.74, 6) is -0.434. The lowest BCUT2D eigenvalue weighted by Gasteiger charge is -2.34. The van der Waals surface area contributed by atoms with Crippen molar-refractivity contribution >= 4 is 31.9 Å². The summed E-state index contributed by atoms with van der Waals surface area (Å²) in [4.78, 5) is 11.6. The highest BCUT2D eigenvalue weighted by Crippen LogP contribution is 2.31. The first-order valence-electron chi connectivity index (χ1n) is 10.2. The standard InChI is InChI=1S/C24H30BrNO4S/c1-18(2)23(11-8-12-24(27)30-4)26(17-22(25)20-9-6-5-7-10-20)31(28,29)21-15-13-19(3)14-16-21/h5-10,12-16,18,22-23H,11,17H2,1-4H3/b12-8+/t22?,23-/m1/s1. The second-order valence-electron chi connectivity index (χ2n) is 7.74. The highest BCUT2D eigenvalue weighted by molar-refractivity contribution is 9.09. The summed E-state index contributed by atoms with van der Waals surface area (Å²) in [6.07, 6.45) is 3.42. The third-order valence-electron chi connectivity index (χ3n) is 5.10. The van der Waals surface area contributed by atoms with Crippen molar-refractivity contribution < 1.29 is 17.9 Å². The number of alkyl halides is 1. The van der Waals surface area contributed by atoms with E-state index in [4.69, 9.17) is 0 Å². The minimum Gasteiger partial charge on any atom is -0.466 e. The number of carbonyl (C=O) groups is 1. The van der Waals surface area contributed by atoms with Crippen molar-refractivity contribution in [3.8, 4) is 0 Å². The summed E-state index contributed by atoms with van der Waals surface area (Å²) in [5, 5.41) is 0. The van der Waals surface area contributed by atoms with Gasteiger partial charge >= 0.3 is 5.97 Å². The van der Waals surface area contributed by atoms with Gasteiger partial charge in [0.15, 0.2) is 0 Å². The molecule has 0 aliphatic rings. The Morgan fingerprint density at radius 1 is 1.10 bits per heavy atom. The number of benzene rings is 2. The molecular formula is C24H30BrNO4S. The van der Waals surface area contributed by atoms with E-state index in [0.717, 1.165) is 11.1 Å². The SMILES string of the molecule is COC(=O)/C=C/C[C@H](C(C)C)N(CC(Br)c1ccccc1)S(=O)(=O)c1ccc(C)cc1. The normalized spacial score (nSPS) is 14.2. The number of nitrogens with zero attached hydrogens (tertiary/aromatic N) is 1. The van der Waals surface area contributed by atoms with Gasteiger partial charge in [0.25, 0.3) is 0 Å². The molecule has 0 radical (unpaired) electrons. The van der Waals surface area contributed by atoms with Crippen LogP contribution in [0.4, 0.5) is 0 Å². The zero-order valence-corrected chi connectivity index (χ0v) is 20.8. The van der Waals surface area contributed by atoms with Crippen LogP contribution in [0.5, 0.6) is 0 Å². The Hall–Kier alpha value is -1.96. The van der Waals surface area contributed by atoms with Gasteiger partial charge in [0.1, 0.15) is 0 Å². The van der Waals surface area contributed by atoms with E-state index in [1.807, 2.05) is 51.1 Å². The number of methoxy groups -OCH3 is 1. The second kappa shape index (κ2) is 11.6. The summed E-state index contributed by atoms with van der Waals surface area (Å²) in [7, 11) is -2.45. The van der Waals surface area contributed by atoms with E-state index >= 15 is 0 Å². The first kappa shape index (κ1) is 25.3. The summed E-state index contributed by atoms with van der Waals surface area (Å²) in [5.41, 5.74) is 1.99.